The number of pyridine rings is 1. The Kier molecular flexibility index (Phi) is 7.69. The lowest BCUT2D eigenvalue weighted by atomic mass is 10.0. The summed E-state index contributed by atoms with van der Waals surface area (Å²) in [6, 6.07) is 16.5. The molecule has 4 aromatic rings. The molecule has 1 aliphatic heterocycles. The maximum Gasteiger partial charge on any atom is 0.296 e. The predicted octanol–water partition coefficient (Wildman–Crippen LogP) is 4.02. The van der Waals surface area contributed by atoms with Crippen molar-refractivity contribution in [2.75, 3.05) is 19.0 Å². The molecule has 1 aliphatic rings. The number of aromatic amines is 1. The number of sulfone groups is 1. The molecule has 3 heterocycles. The summed E-state index contributed by atoms with van der Waals surface area (Å²) in [5.41, 5.74) is 4.23. The maximum absolute atomic E-state index is 12.3. The van der Waals surface area contributed by atoms with Crippen molar-refractivity contribution in [1.29, 1.82) is 0 Å². The first-order valence-electron chi connectivity index (χ1n) is 12.3. The van der Waals surface area contributed by atoms with Crippen LogP contribution in [0.1, 0.15) is 19.8 Å². The van der Waals surface area contributed by atoms with Crippen molar-refractivity contribution in [2.24, 2.45) is 0 Å². The second-order valence-corrected chi connectivity index (χ2v) is 11.8. The molecule has 2 aromatic heterocycles. The lowest BCUT2D eigenvalue weighted by molar-refractivity contribution is -0.131. The van der Waals surface area contributed by atoms with Crippen LogP contribution in [0.15, 0.2) is 59.5 Å². The minimum Gasteiger partial charge on any atom is -0.459 e. The molecule has 2 aromatic carbocycles. The zero-order chi connectivity index (χ0) is 26.9. The van der Waals surface area contributed by atoms with Crippen molar-refractivity contribution < 1.29 is 28.1 Å². The number of ether oxygens (including phenoxy) is 2. The van der Waals surface area contributed by atoms with Gasteiger partial charge in [0.1, 0.15) is 12.2 Å². The van der Waals surface area contributed by atoms with E-state index < -0.39 is 28.1 Å². The summed E-state index contributed by atoms with van der Waals surface area (Å²) in [5, 5.41) is 19.7. The van der Waals surface area contributed by atoms with Crippen molar-refractivity contribution in [3.63, 3.8) is 0 Å². The number of nitrogens with one attached hydrogen (secondary N) is 1. The molecule has 1 fully saturated rings. The lowest BCUT2D eigenvalue weighted by Gasteiger charge is -2.31. The molecular weight excluding hydrogens is 530 g/mol. The largest absolute Gasteiger partial charge is 0.459 e. The molecule has 5 rings (SSSR count). The number of hydrogen-bond acceptors (Lipinski definition) is 8. The molecule has 0 bridgehead atoms. The number of imidazole rings is 1. The SMILES string of the molecule is CCCS(=O)(=O)c1ccc(-c2ccc(-c3nc4nc(O[C@H]5CO[C@H](CO)[C@@H](O)C5)[nH]c4cc3Cl)cc2)cc1. The smallest absolute Gasteiger partial charge is 0.296 e. The van der Waals surface area contributed by atoms with Gasteiger partial charge in [0, 0.05) is 12.0 Å². The summed E-state index contributed by atoms with van der Waals surface area (Å²) < 4.78 is 35.8. The third-order valence-electron chi connectivity index (χ3n) is 6.47. The number of aliphatic hydroxyl groups excluding tert-OH is 2. The van der Waals surface area contributed by atoms with Crippen LogP contribution in [0.3, 0.4) is 0 Å². The van der Waals surface area contributed by atoms with Gasteiger partial charge in [0.15, 0.2) is 15.5 Å². The van der Waals surface area contributed by atoms with Gasteiger partial charge in [-0.15, -0.1) is 0 Å². The number of nitrogens with zero attached hydrogens (tertiary/aromatic N) is 2. The number of fused-ring (bicyclic) bond motifs is 1. The fourth-order valence-corrected chi connectivity index (χ4v) is 6.05. The molecule has 0 aliphatic carbocycles. The van der Waals surface area contributed by atoms with E-state index in [1.54, 1.807) is 30.3 Å². The molecule has 0 saturated carbocycles. The lowest BCUT2D eigenvalue weighted by Crippen LogP contribution is -2.45. The summed E-state index contributed by atoms with van der Waals surface area (Å²) in [4.78, 5) is 12.4. The normalized spacial score (nSPS) is 20.1. The van der Waals surface area contributed by atoms with Crippen LogP contribution in [0, 0.1) is 0 Å². The first-order valence-corrected chi connectivity index (χ1v) is 14.4. The Labute approximate surface area is 225 Å². The van der Waals surface area contributed by atoms with E-state index in [2.05, 4.69) is 15.0 Å². The van der Waals surface area contributed by atoms with Crippen LogP contribution >= 0.6 is 11.6 Å². The first kappa shape index (κ1) is 26.6. The topological polar surface area (TPSA) is 135 Å². The summed E-state index contributed by atoms with van der Waals surface area (Å²) in [7, 11) is -3.25. The highest BCUT2D eigenvalue weighted by molar-refractivity contribution is 7.91. The van der Waals surface area contributed by atoms with Gasteiger partial charge in [0.05, 0.1) is 46.2 Å². The molecule has 0 unspecified atom stereocenters. The van der Waals surface area contributed by atoms with Gasteiger partial charge >= 0.3 is 0 Å². The standard InChI is InChI=1S/C27H28ClN3O6S/c1-2-11-38(34,35)20-9-7-17(8-10-20)16-3-5-18(6-4-16)25-21(28)13-22-26(30-25)31-27(29-22)37-19-12-23(33)24(14-32)36-15-19/h3-10,13,19,23-24,32-33H,2,11-12,14-15H2,1H3,(H,29,30,31)/t19-,23+,24-/m1/s1. The molecule has 3 atom stereocenters. The Morgan fingerprint density at radius 3 is 2.37 bits per heavy atom. The summed E-state index contributed by atoms with van der Waals surface area (Å²) >= 11 is 6.55. The van der Waals surface area contributed by atoms with Crippen LogP contribution in [-0.4, -0.2) is 70.9 Å². The number of aromatic nitrogens is 3. The highest BCUT2D eigenvalue weighted by Gasteiger charge is 2.31. The Balaban J connectivity index is 1.33. The van der Waals surface area contributed by atoms with Gasteiger partial charge in [-0.25, -0.2) is 13.4 Å². The number of aliphatic hydroxyl groups is 2. The molecule has 9 nitrogen and oxygen atoms in total. The van der Waals surface area contributed by atoms with E-state index in [9.17, 15) is 18.6 Å². The summed E-state index contributed by atoms with van der Waals surface area (Å²) in [6.45, 7) is 1.82. The van der Waals surface area contributed by atoms with Crippen LogP contribution in [0.2, 0.25) is 5.02 Å². The zero-order valence-corrected chi connectivity index (χ0v) is 22.2. The van der Waals surface area contributed by atoms with Gasteiger partial charge < -0.3 is 24.7 Å². The molecule has 0 spiro atoms. The number of benzene rings is 2. The van der Waals surface area contributed by atoms with Crippen LogP contribution in [0.25, 0.3) is 33.5 Å². The zero-order valence-electron chi connectivity index (χ0n) is 20.7. The van der Waals surface area contributed by atoms with Gasteiger partial charge in [-0.05, 0) is 35.7 Å². The number of rotatable bonds is 8. The first-order chi connectivity index (χ1) is 18.3. The monoisotopic (exact) mass is 557 g/mol. The van der Waals surface area contributed by atoms with Gasteiger partial charge in [-0.2, -0.15) is 4.98 Å². The Morgan fingerprint density at radius 1 is 1.08 bits per heavy atom. The fraction of sp³-hybridized carbons (Fsp3) is 0.333. The van der Waals surface area contributed by atoms with E-state index >= 15 is 0 Å². The third-order valence-corrected chi connectivity index (χ3v) is 8.70. The maximum atomic E-state index is 12.3. The number of hydrogen-bond donors (Lipinski definition) is 3. The van der Waals surface area contributed by atoms with E-state index in [0.717, 1.165) is 16.7 Å². The molecule has 38 heavy (non-hydrogen) atoms. The quantitative estimate of drug-likeness (QED) is 0.296. The summed E-state index contributed by atoms with van der Waals surface area (Å²) in [5.74, 6) is 0.131. The highest BCUT2D eigenvalue weighted by atomic mass is 35.5. The second kappa shape index (κ2) is 11.0. The number of H-pyrrole nitrogens is 1. The number of halogens is 1. The second-order valence-electron chi connectivity index (χ2n) is 9.25. The third kappa shape index (κ3) is 5.55. The predicted molar refractivity (Wildman–Crippen MR) is 144 cm³/mol. The van der Waals surface area contributed by atoms with Gasteiger partial charge in [-0.1, -0.05) is 54.9 Å². The van der Waals surface area contributed by atoms with Crippen molar-refractivity contribution in [3.05, 3.63) is 59.6 Å². The Hall–Kier alpha value is -3.02. The minimum absolute atomic E-state index is 0.131. The van der Waals surface area contributed by atoms with Crippen molar-refractivity contribution in [1.82, 2.24) is 15.0 Å². The molecule has 11 heteroatoms. The van der Waals surface area contributed by atoms with E-state index in [1.165, 1.54) is 0 Å². The summed E-state index contributed by atoms with van der Waals surface area (Å²) in [6.07, 6.45) is -0.965. The molecule has 200 valence electrons. The van der Waals surface area contributed by atoms with E-state index in [1.807, 2.05) is 31.2 Å². The highest BCUT2D eigenvalue weighted by Crippen LogP contribution is 2.32. The van der Waals surface area contributed by atoms with E-state index in [0.29, 0.717) is 39.6 Å². The van der Waals surface area contributed by atoms with Crippen LogP contribution in [-0.2, 0) is 14.6 Å². The minimum atomic E-state index is -3.25. The van der Waals surface area contributed by atoms with Gasteiger partial charge in [0.25, 0.3) is 6.01 Å². The Bertz CT molecular complexity index is 1520. The van der Waals surface area contributed by atoms with Crippen LogP contribution < -0.4 is 4.74 Å². The van der Waals surface area contributed by atoms with Crippen molar-refractivity contribution in [2.45, 2.75) is 43.0 Å². The molecule has 3 N–H and O–H groups in total. The molecular formula is C27H28ClN3O6S. The average Bonchev–Trinajstić information content (AvgIpc) is 3.29. The van der Waals surface area contributed by atoms with Gasteiger partial charge in [-0.3, -0.25) is 0 Å². The Morgan fingerprint density at radius 2 is 1.74 bits per heavy atom. The van der Waals surface area contributed by atoms with E-state index in [4.69, 9.17) is 21.1 Å². The van der Waals surface area contributed by atoms with Gasteiger partial charge in [0.2, 0.25) is 0 Å². The van der Waals surface area contributed by atoms with Crippen molar-refractivity contribution >= 4 is 32.6 Å². The van der Waals surface area contributed by atoms with Crippen molar-refractivity contribution in [3.8, 4) is 28.4 Å². The average molecular weight is 558 g/mol. The van der Waals surface area contributed by atoms with Crippen LogP contribution in [0.5, 0.6) is 6.01 Å². The molecule has 1 saturated heterocycles. The van der Waals surface area contributed by atoms with Crippen LogP contribution in [0.4, 0.5) is 0 Å². The van der Waals surface area contributed by atoms with E-state index in [-0.39, 0.29) is 25.0 Å². The molecule has 0 radical (unpaired) electrons. The molecule has 0 amide bonds. The fourth-order valence-electron chi connectivity index (χ4n) is 4.46.